The highest BCUT2D eigenvalue weighted by Crippen LogP contribution is 2.54. The summed E-state index contributed by atoms with van der Waals surface area (Å²) in [5, 5.41) is 3.60. The summed E-state index contributed by atoms with van der Waals surface area (Å²) >= 11 is 14.4. The van der Waals surface area contributed by atoms with Crippen LogP contribution in [0.1, 0.15) is 21.9 Å². The number of hydrogen-bond acceptors (Lipinski definition) is 6. The minimum absolute atomic E-state index is 0.223. The molecule has 1 N–H and O–H groups in total. The van der Waals surface area contributed by atoms with Crippen LogP contribution in [0.3, 0.4) is 0 Å². The van der Waals surface area contributed by atoms with Crippen molar-refractivity contribution in [2.45, 2.75) is 29.7 Å². The van der Waals surface area contributed by atoms with Crippen molar-refractivity contribution < 1.29 is 14.4 Å². The van der Waals surface area contributed by atoms with Crippen LogP contribution in [-0.2, 0) is 20.9 Å². The third-order valence-electron chi connectivity index (χ3n) is 6.97. The van der Waals surface area contributed by atoms with E-state index in [9.17, 15) is 19.2 Å². The van der Waals surface area contributed by atoms with Crippen molar-refractivity contribution >= 4 is 75.4 Å². The van der Waals surface area contributed by atoms with Gasteiger partial charge >= 0.3 is 4.87 Å². The Hall–Kier alpha value is -3.37. The molecule has 3 aromatic carbocycles. The Morgan fingerprint density at radius 1 is 0.925 bits per heavy atom. The van der Waals surface area contributed by atoms with Gasteiger partial charge in [0.2, 0.25) is 17.7 Å². The molecule has 2 aliphatic heterocycles. The van der Waals surface area contributed by atoms with Crippen molar-refractivity contribution in [2.24, 2.45) is 5.92 Å². The molecular formula is C29H21Cl2N3O4S2. The summed E-state index contributed by atoms with van der Waals surface area (Å²) in [6, 6.07) is 21.0. The molecular weight excluding hydrogens is 589 g/mol. The van der Waals surface area contributed by atoms with Crippen molar-refractivity contribution in [1.82, 2.24) is 4.57 Å². The van der Waals surface area contributed by atoms with Crippen LogP contribution in [0.15, 0.2) is 82.6 Å². The number of nitrogens with one attached hydrogen (secondary N) is 1. The van der Waals surface area contributed by atoms with E-state index in [1.165, 1.54) is 21.2 Å². The largest absolute Gasteiger partial charge is 0.325 e. The molecule has 4 aromatic rings. The number of nitrogens with zero attached hydrogens (tertiary/aromatic N) is 2. The lowest BCUT2D eigenvalue weighted by Crippen LogP contribution is -2.33. The molecule has 0 unspecified atom stereocenters. The second-order valence-corrected chi connectivity index (χ2v) is 12.6. The van der Waals surface area contributed by atoms with E-state index < -0.39 is 17.1 Å². The maximum Gasteiger partial charge on any atom is 0.308 e. The van der Waals surface area contributed by atoms with Gasteiger partial charge in [-0.05, 0) is 66.6 Å². The first kappa shape index (κ1) is 26.8. The van der Waals surface area contributed by atoms with Crippen LogP contribution in [0.4, 0.5) is 11.4 Å². The zero-order valence-electron chi connectivity index (χ0n) is 21.0. The molecule has 0 aliphatic carbocycles. The molecule has 0 spiro atoms. The SMILES string of the molecule is Cc1cccc(NC(=O)Cn2c3c(sc2=O)[C@@H](c2ccc(Cl)cc2)[C@@H]2C(=O)N(c4ccc(Cl)cc4)C(=O)[C@@H]2S3)c1. The van der Waals surface area contributed by atoms with Crippen LogP contribution < -0.4 is 15.1 Å². The van der Waals surface area contributed by atoms with Crippen LogP contribution in [0.25, 0.3) is 0 Å². The quantitative estimate of drug-likeness (QED) is 0.282. The van der Waals surface area contributed by atoms with Gasteiger partial charge in [-0.1, -0.05) is 70.6 Å². The van der Waals surface area contributed by atoms with Crippen LogP contribution in [0, 0.1) is 12.8 Å². The Balaban J connectivity index is 1.41. The molecule has 7 nitrogen and oxygen atoms in total. The van der Waals surface area contributed by atoms with Gasteiger partial charge in [0.25, 0.3) is 0 Å². The van der Waals surface area contributed by atoms with E-state index in [-0.39, 0.29) is 29.1 Å². The highest BCUT2D eigenvalue weighted by Gasteiger charge is 2.56. The Morgan fingerprint density at radius 2 is 1.60 bits per heavy atom. The normalized spacial score (nSPS) is 19.9. The minimum Gasteiger partial charge on any atom is -0.325 e. The molecule has 40 heavy (non-hydrogen) atoms. The summed E-state index contributed by atoms with van der Waals surface area (Å²) in [6.07, 6.45) is 0. The predicted molar refractivity (Wildman–Crippen MR) is 159 cm³/mol. The van der Waals surface area contributed by atoms with E-state index in [4.69, 9.17) is 23.2 Å². The zero-order valence-corrected chi connectivity index (χ0v) is 24.1. The number of hydrogen-bond donors (Lipinski definition) is 1. The smallest absolute Gasteiger partial charge is 0.308 e. The highest BCUT2D eigenvalue weighted by molar-refractivity contribution is 8.00. The topological polar surface area (TPSA) is 88.5 Å². The van der Waals surface area contributed by atoms with E-state index >= 15 is 0 Å². The van der Waals surface area contributed by atoms with Crippen molar-refractivity contribution in [1.29, 1.82) is 0 Å². The number of halogens is 2. The number of carbonyl (C=O) groups excluding carboxylic acids is 3. The van der Waals surface area contributed by atoms with Gasteiger partial charge in [-0.15, -0.1) is 0 Å². The van der Waals surface area contributed by atoms with Gasteiger partial charge in [-0.3, -0.25) is 23.7 Å². The minimum atomic E-state index is -0.781. The maximum absolute atomic E-state index is 13.9. The predicted octanol–water partition coefficient (Wildman–Crippen LogP) is 5.96. The van der Waals surface area contributed by atoms with E-state index in [2.05, 4.69) is 5.32 Å². The second kappa shape index (κ2) is 10.6. The average Bonchev–Trinajstić information content (AvgIpc) is 3.36. The maximum atomic E-state index is 13.9. The fourth-order valence-electron chi connectivity index (χ4n) is 5.20. The summed E-state index contributed by atoms with van der Waals surface area (Å²) in [5.41, 5.74) is 2.81. The highest BCUT2D eigenvalue weighted by atomic mass is 35.5. The molecule has 6 rings (SSSR count). The number of rotatable bonds is 5. The first-order chi connectivity index (χ1) is 19.2. The van der Waals surface area contributed by atoms with Gasteiger partial charge in [-0.25, -0.2) is 4.90 Å². The van der Waals surface area contributed by atoms with Crippen LogP contribution in [0.5, 0.6) is 0 Å². The molecule has 202 valence electrons. The van der Waals surface area contributed by atoms with E-state index in [1.807, 2.05) is 37.3 Å². The number of amides is 3. The number of thioether (sulfide) groups is 1. The van der Waals surface area contributed by atoms with Crippen LogP contribution in [0.2, 0.25) is 10.0 Å². The number of thiazole rings is 1. The average molecular weight is 611 g/mol. The Morgan fingerprint density at radius 3 is 2.27 bits per heavy atom. The van der Waals surface area contributed by atoms with E-state index in [0.29, 0.717) is 31.3 Å². The lowest BCUT2D eigenvalue weighted by Gasteiger charge is -2.30. The summed E-state index contributed by atoms with van der Waals surface area (Å²) < 4.78 is 1.40. The molecule has 11 heteroatoms. The Kier molecular flexibility index (Phi) is 7.08. The Bertz CT molecular complexity index is 1720. The van der Waals surface area contributed by atoms with Gasteiger partial charge in [0.1, 0.15) is 11.8 Å². The van der Waals surface area contributed by atoms with Gasteiger partial charge in [-0.2, -0.15) is 0 Å². The third kappa shape index (κ3) is 4.77. The molecule has 3 amide bonds. The lowest BCUT2D eigenvalue weighted by atomic mass is 9.83. The van der Waals surface area contributed by atoms with E-state index in [0.717, 1.165) is 22.5 Å². The number of anilines is 2. The zero-order chi connectivity index (χ0) is 28.1. The van der Waals surface area contributed by atoms with Crippen LogP contribution in [-0.4, -0.2) is 27.5 Å². The summed E-state index contributed by atoms with van der Waals surface area (Å²) in [7, 11) is 0. The summed E-state index contributed by atoms with van der Waals surface area (Å²) in [5.74, 6) is -2.39. The number of aryl methyl sites for hydroxylation is 1. The standard InChI is InChI=1S/C29H21Cl2N3O4S2/c1-15-3-2-4-19(13-15)32-21(35)14-33-28-25(40-29(33)38)22(16-5-7-17(30)8-6-16)23-24(39-28)27(37)34(26(23)36)20-11-9-18(31)10-12-20/h2-13,22-24H,14H2,1H3,(H,32,35)/t22-,23-,24+/m0/s1. The van der Waals surface area contributed by atoms with Gasteiger partial charge in [0.05, 0.1) is 16.6 Å². The summed E-state index contributed by atoms with van der Waals surface area (Å²) in [4.78, 5) is 55.4. The van der Waals surface area contributed by atoms with Gasteiger partial charge in [0, 0.05) is 26.5 Å². The summed E-state index contributed by atoms with van der Waals surface area (Å²) in [6.45, 7) is 1.70. The fraction of sp³-hybridized carbons (Fsp3) is 0.172. The van der Waals surface area contributed by atoms with E-state index in [1.54, 1.807) is 42.5 Å². The number of benzene rings is 3. The molecule has 1 saturated heterocycles. The lowest BCUT2D eigenvalue weighted by molar-refractivity contribution is -0.122. The molecule has 0 radical (unpaired) electrons. The number of imide groups is 1. The molecule has 1 fully saturated rings. The van der Waals surface area contributed by atoms with Gasteiger partial charge < -0.3 is 5.32 Å². The Labute approximate surface area is 247 Å². The molecule has 0 bridgehead atoms. The van der Waals surface area contributed by atoms with Crippen molar-refractivity contribution in [3.63, 3.8) is 0 Å². The number of fused-ring (bicyclic) bond motifs is 2. The monoisotopic (exact) mass is 609 g/mol. The third-order valence-corrected chi connectivity index (χ3v) is 10.1. The molecule has 3 atom stereocenters. The number of aromatic nitrogens is 1. The molecule has 0 saturated carbocycles. The molecule has 2 aliphatic rings. The number of carbonyl (C=O) groups is 3. The van der Waals surface area contributed by atoms with Crippen molar-refractivity contribution in [3.05, 3.63) is 109 Å². The molecule has 3 heterocycles. The first-order valence-corrected chi connectivity index (χ1v) is 14.8. The fourth-order valence-corrected chi connectivity index (χ4v) is 8.22. The van der Waals surface area contributed by atoms with Crippen LogP contribution >= 0.6 is 46.3 Å². The second-order valence-electron chi connectivity index (χ2n) is 9.62. The molecule has 1 aromatic heterocycles. The van der Waals surface area contributed by atoms with Crippen molar-refractivity contribution in [2.75, 3.05) is 10.2 Å². The van der Waals surface area contributed by atoms with Gasteiger partial charge in [0.15, 0.2) is 0 Å². The first-order valence-electron chi connectivity index (χ1n) is 12.4. The van der Waals surface area contributed by atoms with Crippen molar-refractivity contribution in [3.8, 4) is 0 Å².